The molecule has 3 aromatic rings. The van der Waals surface area contributed by atoms with Crippen LogP contribution in [0.2, 0.25) is 0 Å². The summed E-state index contributed by atoms with van der Waals surface area (Å²) in [5.41, 5.74) is 2.45. The number of hydrogen-bond acceptors (Lipinski definition) is 6. The van der Waals surface area contributed by atoms with Gasteiger partial charge in [0.25, 0.3) is 0 Å². The Labute approximate surface area is 198 Å². The van der Waals surface area contributed by atoms with Crippen molar-refractivity contribution in [1.29, 1.82) is 0 Å². The van der Waals surface area contributed by atoms with Gasteiger partial charge in [0.1, 0.15) is 11.4 Å². The summed E-state index contributed by atoms with van der Waals surface area (Å²) in [4.78, 5) is 26.5. The number of aromatic nitrogens is 2. The summed E-state index contributed by atoms with van der Waals surface area (Å²) in [6.45, 7) is 5.73. The Hall–Kier alpha value is -3.85. The van der Waals surface area contributed by atoms with Gasteiger partial charge in [0.2, 0.25) is 0 Å². The van der Waals surface area contributed by atoms with Crippen LogP contribution in [0.4, 0.5) is 15.3 Å². The summed E-state index contributed by atoms with van der Waals surface area (Å²) in [5.74, 6) is 0.701. The average molecular weight is 467 g/mol. The van der Waals surface area contributed by atoms with Gasteiger partial charge in [-0.25, -0.2) is 9.59 Å². The molecule has 34 heavy (non-hydrogen) atoms. The van der Waals surface area contributed by atoms with Crippen LogP contribution in [-0.4, -0.2) is 57.8 Å². The molecule has 0 spiro atoms. The third kappa shape index (κ3) is 6.82. The summed E-state index contributed by atoms with van der Waals surface area (Å²) in [6, 6.07) is 14.3. The number of carbonyl (C=O) groups is 2. The first-order valence-electron chi connectivity index (χ1n) is 10.9. The lowest BCUT2D eigenvalue weighted by atomic mass is 10.1. The molecule has 0 unspecified atom stereocenters. The molecule has 0 aliphatic carbocycles. The zero-order valence-electron chi connectivity index (χ0n) is 19.8. The number of aliphatic hydroxyl groups excluding tert-OH is 1. The molecule has 180 valence electrons. The minimum atomic E-state index is -0.612. The van der Waals surface area contributed by atoms with Gasteiger partial charge in [0, 0.05) is 30.5 Å². The molecule has 3 rings (SSSR count). The molecule has 0 saturated heterocycles. The highest BCUT2D eigenvalue weighted by atomic mass is 16.6. The Morgan fingerprint density at radius 1 is 1.12 bits per heavy atom. The van der Waals surface area contributed by atoms with Crippen molar-refractivity contribution in [1.82, 2.24) is 14.7 Å². The Bertz CT molecular complexity index is 1120. The van der Waals surface area contributed by atoms with Gasteiger partial charge in [-0.1, -0.05) is 24.3 Å². The summed E-state index contributed by atoms with van der Waals surface area (Å²) < 4.78 is 11.7. The molecular weight excluding hydrogens is 436 g/mol. The number of benzene rings is 2. The minimum Gasteiger partial charge on any atom is -0.497 e. The molecule has 0 fully saturated rings. The van der Waals surface area contributed by atoms with Crippen LogP contribution in [0.3, 0.4) is 0 Å². The van der Waals surface area contributed by atoms with Crippen LogP contribution in [0, 0.1) is 0 Å². The molecule has 0 bridgehead atoms. The third-order valence-corrected chi connectivity index (χ3v) is 4.80. The van der Waals surface area contributed by atoms with Gasteiger partial charge >= 0.3 is 12.1 Å². The number of rotatable bonds is 7. The number of amides is 2. The lowest BCUT2D eigenvalue weighted by Gasteiger charge is -2.22. The van der Waals surface area contributed by atoms with E-state index < -0.39 is 11.7 Å². The molecule has 0 aliphatic rings. The predicted molar refractivity (Wildman–Crippen MR) is 129 cm³/mol. The van der Waals surface area contributed by atoms with E-state index in [9.17, 15) is 14.7 Å². The maximum absolute atomic E-state index is 12.8. The number of urea groups is 1. The van der Waals surface area contributed by atoms with Crippen molar-refractivity contribution in [3.05, 3.63) is 66.5 Å². The standard InChI is InChI=1S/C25H30N4O5/c1-25(2,3)34-24(32)29-17-20(15-26-29)19-8-10-21(11-9-19)27-23(31)28(12-13-30)16-18-6-5-7-22(14-18)33-4/h5-11,14-15,17,30H,12-13,16H2,1-4H3,(H,27,31). The fourth-order valence-electron chi connectivity index (χ4n) is 3.19. The monoisotopic (exact) mass is 466 g/mol. The molecule has 0 aliphatic heterocycles. The van der Waals surface area contributed by atoms with Gasteiger partial charge in [-0.05, 0) is 56.2 Å². The van der Waals surface area contributed by atoms with Crippen molar-refractivity contribution in [3.8, 4) is 16.9 Å². The SMILES string of the molecule is COc1cccc(CN(CCO)C(=O)Nc2ccc(-c3cnn(C(=O)OC(C)(C)C)c3)cc2)c1. The van der Waals surface area contributed by atoms with Gasteiger partial charge < -0.3 is 24.8 Å². The van der Waals surface area contributed by atoms with Crippen LogP contribution in [0.25, 0.3) is 11.1 Å². The van der Waals surface area contributed by atoms with Crippen molar-refractivity contribution in [2.75, 3.05) is 25.6 Å². The summed E-state index contributed by atoms with van der Waals surface area (Å²) in [6.07, 6.45) is 2.62. The predicted octanol–water partition coefficient (Wildman–Crippen LogP) is 4.37. The van der Waals surface area contributed by atoms with E-state index in [0.29, 0.717) is 18.0 Å². The lowest BCUT2D eigenvalue weighted by molar-refractivity contribution is 0.0514. The van der Waals surface area contributed by atoms with Crippen molar-refractivity contribution >= 4 is 17.8 Å². The quantitative estimate of drug-likeness (QED) is 0.536. The Morgan fingerprint density at radius 3 is 2.50 bits per heavy atom. The number of aliphatic hydroxyl groups is 1. The first kappa shape index (κ1) is 24.8. The summed E-state index contributed by atoms with van der Waals surface area (Å²) in [7, 11) is 1.59. The second-order valence-electron chi connectivity index (χ2n) is 8.66. The smallest absolute Gasteiger partial charge is 0.435 e. The maximum Gasteiger partial charge on any atom is 0.435 e. The molecule has 0 atom stereocenters. The second-order valence-corrected chi connectivity index (χ2v) is 8.66. The van der Waals surface area contributed by atoms with Crippen LogP contribution in [0.5, 0.6) is 5.75 Å². The fourth-order valence-corrected chi connectivity index (χ4v) is 3.19. The maximum atomic E-state index is 12.8. The van der Waals surface area contributed by atoms with E-state index in [0.717, 1.165) is 21.4 Å². The van der Waals surface area contributed by atoms with E-state index in [1.54, 1.807) is 52.4 Å². The van der Waals surface area contributed by atoms with E-state index in [1.807, 2.05) is 36.4 Å². The Balaban J connectivity index is 1.66. The topological polar surface area (TPSA) is 106 Å². The normalized spacial score (nSPS) is 11.1. The third-order valence-electron chi connectivity index (χ3n) is 4.80. The number of anilines is 1. The molecule has 9 nitrogen and oxygen atoms in total. The summed E-state index contributed by atoms with van der Waals surface area (Å²) >= 11 is 0. The van der Waals surface area contributed by atoms with Crippen molar-refractivity contribution in [2.45, 2.75) is 32.9 Å². The van der Waals surface area contributed by atoms with Crippen molar-refractivity contribution < 1.29 is 24.2 Å². The largest absolute Gasteiger partial charge is 0.497 e. The number of carbonyl (C=O) groups excluding carboxylic acids is 2. The molecule has 0 saturated carbocycles. The number of nitrogens with one attached hydrogen (secondary N) is 1. The zero-order chi connectivity index (χ0) is 24.7. The molecule has 0 radical (unpaired) electrons. The van der Waals surface area contributed by atoms with Crippen LogP contribution in [0.1, 0.15) is 26.3 Å². The lowest BCUT2D eigenvalue weighted by Crippen LogP contribution is -2.36. The van der Waals surface area contributed by atoms with Crippen LogP contribution >= 0.6 is 0 Å². The van der Waals surface area contributed by atoms with Crippen LogP contribution in [-0.2, 0) is 11.3 Å². The molecule has 1 heterocycles. The first-order valence-corrected chi connectivity index (χ1v) is 10.9. The second kappa shape index (κ2) is 10.8. The number of ether oxygens (including phenoxy) is 2. The van der Waals surface area contributed by atoms with Gasteiger partial charge in [0.05, 0.1) is 19.9 Å². The molecule has 2 N–H and O–H groups in total. The van der Waals surface area contributed by atoms with Gasteiger partial charge in [-0.3, -0.25) is 0 Å². The Kier molecular flexibility index (Phi) is 7.91. The van der Waals surface area contributed by atoms with E-state index in [2.05, 4.69) is 10.4 Å². The molecule has 1 aromatic heterocycles. The van der Waals surface area contributed by atoms with Gasteiger partial charge in [0.15, 0.2) is 0 Å². The van der Waals surface area contributed by atoms with Gasteiger partial charge in [-0.15, -0.1) is 0 Å². The Morgan fingerprint density at radius 2 is 1.85 bits per heavy atom. The van der Waals surface area contributed by atoms with Crippen LogP contribution in [0.15, 0.2) is 60.9 Å². The fraction of sp³-hybridized carbons (Fsp3) is 0.320. The molecule has 2 amide bonds. The van der Waals surface area contributed by atoms with Crippen molar-refractivity contribution in [2.24, 2.45) is 0 Å². The highest BCUT2D eigenvalue weighted by Crippen LogP contribution is 2.22. The van der Waals surface area contributed by atoms with E-state index >= 15 is 0 Å². The average Bonchev–Trinajstić information content (AvgIpc) is 3.29. The first-order chi connectivity index (χ1) is 16.2. The van der Waals surface area contributed by atoms with E-state index in [-0.39, 0.29) is 19.2 Å². The van der Waals surface area contributed by atoms with Crippen LogP contribution < -0.4 is 10.1 Å². The van der Waals surface area contributed by atoms with Gasteiger partial charge in [-0.2, -0.15) is 9.78 Å². The highest BCUT2D eigenvalue weighted by molar-refractivity contribution is 5.89. The minimum absolute atomic E-state index is 0.155. The molecule has 9 heteroatoms. The van der Waals surface area contributed by atoms with E-state index in [1.165, 1.54) is 4.90 Å². The van der Waals surface area contributed by atoms with E-state index in [4.69, 9.17) is 9.47 Å². The summed E-state index contributed by atoms with van der Waals surface area (Å²) in [5, 5.41) is 16.3. The van der Waals surface area contributed by atoms with Crippen molar-refractivity contribution in [3.63, 3.8) is 0 Å². The zero-order valence-corrected chi connectivity index (χ0v) is 19.8. The molecule has 2 aromatic carbocycles. The highest BCUT2D eigenvalue weighted by Gasteiger charge is 2.19. The number of hydrogen-bond donors (Lipinski definition) is 2. The molecular formula is C25H30N4O5. The number of methoxy groups -OCH3 is 1. The number of nitrogens with zero attached hydrogens (tertiary/aromatic N) is 3.